The van der Waals surface area contributed by atoms with Gasteiger partial charge in [0.1, 0.15) is 5.69 Å². The molecule has 0 saturated carbocycles. The third-order valence-electron chi connectivity index (χ3n) is 1.60. The van der Waals surface area contributed by atoms with Crippen molar-refractivity contribution in [3.05, 3.63) is 30.2 Å². The maximum Gasteiger partial charge on any atom is 0.166 e. The zero-order valence-corrected chi connectivity index (χ0v) is 7.18. The van der Waals surface area contributed by atoms with Crippen LogP contribution in [0.1, 0.15) is 5.56 Å². The van der Waals surface area contributed by atoms with Crippen molar-refractivity contribution in [1.29, 1.82) is 0 Å². The lowest BCUT2D eigenvalue weighted by atomic mass is 10.3. The van der Waals surface area contributed by atoms with Crippen molar-refractivity contribution in [2.24, 2.45) is 0 Å². The van der Waals surface area contributed by atoms with Crippen molar-refractivity contribution in [3.8, 4) is 5.69 Å². The number of rotatable bonds is 1. The second-order valence-electron chi connectivity index (χ2n) is 2.78. The lowest BCUT2D eigenvalue weighted by Gasteiger charge is -1.98. The van der Waals surface area contributed by atoms with Crippen LogP contribution in [0.3, 0.4) is 0 Å². The van der Waals surface area contributed by atoms with Crippen LogP contribution in [0, 0.1) is 6.92 Å². The van der Waals surface area contributed by atoms with Gasteiger partial charge in [0.2, 0.25) is 0 Å². The molecule has 0 saturated heterocycles. The van der Waals surface area contributed by atoms with Gasteiger partial charge in [-0.15, -0.1) is 9.90 Å². The Balaban J connectivity index is 2.46. The molecule has 0 aromatic carbocycles. The van der Waals surface area contributed by atoms with E-state index in [1.807, 2.05) is 13.0 Å². The maximum atomic E-state index is 5.44. The summed E-state index contributed by atoms with van der Waals surface area (Å²) in [6.07, 6.45) is 4.96. The monoisotopic (exact) mass is 175 g/mol. The molecule has 2 aromatic rings. The number of aryl methyl sites for hydroxylation is 1. The van der Waals surface area contributed by atoms with E-state index in [9.17, 15) is 0 Å². The Morgan fingerprint density at radius 1 is 1.31 bits per heavy atom. The molecule has 2 heterocycles. The van der Waals surface area contributed by atoms with Crippen molar-refractivity contribution < 1.29 is 0 Å². The van der Waals surface area contributed by atoms with Crippen LogP contribution >= 0.6 is 0 Å². The van der Waals surface area contributed by atoms with Crippen molar-refractivity contribution in [2.75, 3.05) is 5.73 Å². The molecule has 0 aliphatic heterocycles. The molecule has 0 aliphatic carbocycles. The minimum absolute atomic E-state index is 0.404. The van der Waals surface area contributed by atoms with Crippen LogP contribution in [0.5, 0.6) is 0 Å². The highest BCUT2D eigenvalue weighted by Gasteiger charge is 1.99. The third-order valence-corrected chi connectivity index (χ3v) is 1.60. The molecule has 0 aliphatic rings. The van der Waals surface area contributed by atoms with Gasteiger partial charge < -0.3 is 5.73 Å². The molecule has 2 rings (SSSR count). The Labute approximate surface area is 75.2 Å². The molecule has 13 heavy (non-hydrogen) atoms. The molecule has 0 spiro atoms. The first kappa shape index (κ1) is 7.72. The van der Waals surface area contributed by atoms with E-state index in [1.165, 1.54) is 11.0 Å². The highest BCUT2D eigenvalue weighted by Crippen LogP contribution is 2.05. The Morgan fingerprint density at radius 2 is 2.15 bits per heavy atom. The van der Waals surface area contributed by atoms with Gasteiger partial charge in [-0.1, -0.05) is 0 Å². The predicted octanol–water partition coefficient (Wildman–Crippen LogP) is 0.553. The van der Waals surface area contributed by atoms with Gasteiger partial charge in [-0.2, -0.15) is 5.10 Å². The van der Waals surface area contributed by atoms with Crippen LogP contribution in [0.25, 0.3) is 5.69 Å². The van der Waals surface area contributed by atoms with E-state index in [4.69, 9.17) is 5.73 Å². The zero-order chi connectivity index (χ0) is 9.26. The Morgan fingerprint density at radius 3 is 2.77 bits per heavy atom. The third kappa shape index (κ3) is 1.48. The number of anilines is 1. The SMILES string of the molecule is Cc1cncc(-n2ncc(N)n2)c1. The topological polar surface area (TPSA) is 69.6 Å². The second-order valence-corrected chi connectivity index (χ2v) is 2.78. The fourth-order valence-electron chi connectivity index (χ4n) is 1.05. The fraction of sp³-hybridized carbons (Fsp3) is 0.125. The van der Waals surface area contributed by atoms with E-state index < -0.39 is 0 Å². The molecular formula is C8H9N5. The van der Waals surface area contributed by atoms with E-state index in [-0.39, 0.29) is 0 Å². The number of nitrogen functional groups attached to an aromatic ring is 1. The average Bonchev–Trinajstić information content (AvgIpc) is 2.52. The molecule has 0 bridgehead atoms. The highest BCUT2D eigenvalue weighted by molar-refractivity contribution is 5.31. The number of pyridine rings is 1. The normalized spacial score (nSPS) is 10.2. The summed E-state index contributed by atoms with van der Waals surface area (Å²) in [7, 11) is 0. The van der Waals surface area contributed by atoms with E-state index in [0.29, 0.717) is 5.82 Å². The van der Waals surface area contributed by atoms with E-state index in [0.717, 1.165) is 11.3 Å². The molecule has 0 fully saturated rings. The summed E-state index contributed by atoms with van der Waals surface area (Å²) in [4.78, 5) is 5.48. The molecular weight excluding hydrogens is 166 g/mol. The predicted molar refractivity (Wildman–Crippen MR) is 48.3 cm³/mol. The molecule has 0 radical (unpaired) electrons. The van der Waals surface area contributed by atoms with E-state index >= 15 is 0 Å². The first-order valence-corrected chi connectivity index (χ1v) is 3.85. The summed E-state index contributed by atoms with van der Waals surface area (Å²) < 4.78 is 0. The van der Waals surface area contributed by atoms with Gasteiger partial charge in [0.05, 0.1) is 12.4 Å². The Bertz CT molecular complexity index is 420. The molecule has 2 N–H and O–H groups in total. The fourth-order valence-corrected chi connectivity index (χ4v) is 1.05. The standard InChI is InChI=1S/C8H9N5/c1-6-2-7(4-10-3-6)13-11-5-8(9)12-13/h2-5H,1H3,(H2,9,12). The van der Waals surface area contributed by atoms with Crippen molar-refractivity contribution in [2.45, 2.75) is 6.92 Å². The Kier molecular flexibility index (Phi) is 1.70. The number of hydrogen-bond acceptors (Lipinski definition) is 4. The largest absolute Gasteiger partial charge is 0.381 e. The summed E-state index contributed by atoms with van der Waals surface area (Å²) in [6, 6.07) is 1.94. The molecule has 0 atom stereocenters. The van der Waals surface area contributed by atoms with Crippen LogP contribution in [-0.4, -0.2) is 20.0 Å². The molecule has 66 valence electrons. The summed E-state index contributed by atoms with van der Waals surface area (Å²) >= 11 is 0. The van der Waals surface area contributed by atoms with Gasteiger partial charge in [0.15, 0.2) is 5.82 Å². The van der Waals surface area contributed by atoms with Gasteiger partial charge in [-0.25, -0.2) is 0 Å². The van der Waals surface area contributed by atoms with E-state index in [2.05, 4.69) is 15.2 Å². The maximum absolute atomic E-state index is 5.44. The number of nitrogens with two attached hydrogens (primary N) is 1. The summed E-state index contributed by atoms with van der Waals surface area (Å²) in [6.45, 7) is 1.96. The van der Waals surface area contributed by atoms with Gasteiger partial charge in [-0.05, 0) is 18.6 Å². The van der Waals surface area contributed by atoms with Crippen molar-refractivity contribution in [1.82, 2.24) is 20.0 Å². The van der Waals surface area contributed by atoms with Crippen molar-refractivity contribution in [3.63, 3.8) is 0 Å². The molecule has 2 aromatic heterocycles. The van der Waals surface area contributed by atoms with Crippen LogP contribution < -0.4 is 5.73 Å². The van der Waals surface area contributed by atoms with Crippen LogP contribution in [0.4, 0.5) is 5.82 Å². The summed E-state index contributed by atoms with van der Waals surface area (Å²) in [5.41, 5.74) is 7.32. The molecule has 0 amide bonds. The summed E-state index contributed by atoms with van der Waals surface area (Å²) in [5, 5.41) is 7.93. The lowest BCUT2D eigenvalue weighted by molar-refractivity contribution is 0.749. The van der Waals surface area contributed by atoms with Crippen LogP contribution in [0.2, 0.25) is 0 Å². The smallest absolute Gasteiger partial charge is 0.166 e. The molecule has 5 heteroatoms. The van der Waals surface area contributed by atoms with Crippen LogP contribution in [-0.2, 0) is 0 Å². The second kappa shape index (κ2) is 2.85. The van der Waals surface area contributed by atoms with E-state index in [1.54, 1.807) is 12.4 Å². The molecule has 5 nitrogen and oxygen atoms in total. The quantitative estimate of drug-likeness (QED) is 0.687. The first-order chi connectivity index (χ1) is 6.25. The van der Waals surface area contributed by atoms with Gasteiger partial charge in [-0.3, -0.25) is 4.98 Å². The van der Waals surface area contributed by atoms with Crippen LogP contribution in [0.15, 0.2) is 24.7 Å². The van der Waals surface area contributed by atoms with Gasteiger partial charge in [0.25, 0.3) is 0 Å². The minimum atomic E-state index is 0.404. The first-order valence-electron chi connectivity index (χ1n) is 3.85. The molecule has 0 unspecified atom stereocenters. The Hall–Kier alpha value is -1.91. The average molecular weight is 175 g/mol. The highest BCUT2D eigenvalue weighted by atomic mass is 15.5. The van der Waals surface area contributed by atoms with Crippen molar-refractivity contribution >= 4 is 5.82 Å². The lowest BCUT2D eigenvalue weighted by Crippen LogP contribution is -2.00. The number of hydrogen-bond donors (Lipinski definition) is 1. The summed E-state index contributed by atoms with van der Waals surface area (Å²) in [5.74, 6) is 0.404. The van der Waals surface area contributed by atoms with Gasteiger partial charge in [0, 0.05) is 6.20 Å². The minimum Gasteiger partial charge on any atom is -0.381 e. The number of nitrogens with zero attached hydrogens (tertiary/aromatic N) is 4. The number of aromatic nitrogens is 4. The zero-order valence-electron chi connectivity index (χ0n) is 7.18. The van der Waals surface area contributed by atoms with Gasteiger partial charge >= 0.3 is 0 Å².